The Balaban J connectivity index is 1.85. The number of likely N-dealkylation sites (N-methyl/N-ethyl adjacent to an activating group) is 1. The van der Waals surface area contributed by atoms with Crippen molar-refractivity contribution < 1.29 is 9.53 Å². The number of nitrogens with one attached hydrogen (secondary N) is 1. The molecule has 0 aliphatic rings. The number of aromatic nitrogens is 3. The minimum absolute atomic E-state index is 0.0175. The Morgan fingerprint density at radius 1 is 1.50 bits per heavy atom. The lowest BCUT2D eigenvalue weighted by Crippen LogP contribution is -2.31. The summed E-state index contributed by atoms with van der Waals surface area (Å²) in [5.74, 6) is 1.83. The maximum absolute atomic E-state index is 11.9. The van der Waals surface area contributed by atoms with Crippen molar-refractivity contribution in [1.29, 1.82) is 0 Å². The molecule has 2 rings (SSSR count). The first-order valence-electron chi connectivity index (χ1n) is 6.05. The quantitative estimate of drug-likeness (QED) is 0.903. The van der Waals surface area contributed by atoms with Gasteiger partial charge in [0.1, 0.15) is 11.6 Å². The summed E-state index contributed by atoms with van der Waals surface area (Å²) < 4.78 is 6.35. The monoisotopic (exact) mass is 338 g/mol. The molecule has 7 heteroatoms. The summed E-state index contributed by atoms with van der Waals surface area (Å²) in [5, 5.41) is 6.73. The molecular weight excluding hydrogens is 324 g/mol. The normalized spacial score (nSPS) is 10.3. The molecule has 1 aromatic carbocycles. The van der Waals surface area contributed by atoms with Crippen LogP contribution >= 0.6 is 15.9 Å². The van der Waals surface area contributed by atoms with Gasteiger partial charge >= 0.3 is 0 Å². The van der Waals surface area contributed by atoms with Crippen LogP contribution in [0.25, 0.3) is 0 Å². The fourth-order valence-electron chi connectivity index (χ4n) is 1.57. The number of hydrogen-bond donors (Lipinski definition) is 1. The van der Waals surface area contributed by atoms with E-state index in [2.05, 4.69) is 31.1 Å². The molecule has 0 unspecified atom stereocenters. The SMILES string of the molecule is Cc1nc(CN(C)C(=O)COc2cccc(Br)c2)n[nH]1. The zero-order valence-corrected chi connectivity index (χ0v) is 12.8. The van der Waals surface area contributed by atoms with Gasteiger partial charge in [-0.2, -0.15) is 5.10 Å². The number of benzene rings is 1. The molecule has 0 aliphatic heterocycles. The van der Waals surface area contributed by atoms with E-state index in [4.69, 9.17) is 4.74 Å². The van der Waals surface area contributed by atoms with E-state index in [1.54, 1.807) is 13.1 Å². The number of amides is 1. The Kier molecular flexibility index (Phi) is 4.73. The number of H-pyrrole nitrogens is 1. The summed E-state index contributed by atoms with van der Waals surface area (Å²) in [4.78, 5) is 17.6. The number of ether oxygens (including phenoxy) is 1. The topological polar surface area (TPSA) is 71.1 Å². The Morgan fingerprint density at radius 3 is 2.95 bits per heavy atom. The molecule has 0 saturated heterocycles. The molecule has 0 fully saturated rings. The summed E-state index contributed by atoms with van der Waals surface area (Å²) in [6.45, 7) is 2.15. The van der Waals surface area contributed by atoms with Gasteiger partial charge in [-0.05, 0) is 25.1 Å². The van der Waals surface area contributed by atoms with Crippen molar-refractivity contribution in [1.82, 2.24) is 20.1 Å². The third-order valence-electron chi connectivity index (χ3n) is 2.61. The first-order chi connectivity index (χ1) is 9.54. The Labute approximate surface area is 125 Å². The van der Waals surface area contributed by atoms with Gasteiger partial charge in [0, 0.05) is 11.5 Å². The smallest absolute Gasteiger partial charge is 0.260 e. The van der Waals surface area contributed by atoms with E-state index in [9.17, 15) is 4.79 Å². The highest BCUT2D eigenvalue weighted by atomic mass is 79.9. The molecule has 2 aromatic rings. The number of nitrogens with zero attached hydrogens (tertiary/aromatic N) is 3. The summed E-state index contributed by atoms with van der Waals surface area (Å²) in [6.07, 6.45) is 0. The van der Waals surface area contributed by atoms with E-state index in [1.807, 2.05) is 25.1 Å². The zero-order chi connectivity index (χ0) is 14.5. The van der Waals surface area contributed by atoms with Crippen LogP contribution in [-0.2, 0) is 11.3 Å². The van der Waals surface area contributed by atoms with E-state index in [0.29, 0.717) is 18.1 Å². The second-order valence-electron chi connectivity index (χ2n) is 4.33. The van der Waals surface area contributed by atoms with Crippen molar-refractivity contribution in [2.45, 2.75) is 13.5 Å². The van der Waals surface area contributed by atoms with Crippen LogP contribution in [0.5, 0.6) is 5.75 Å². The lowest BCUT2D eigenvalue weighted by molar-refractivity contribution is -0.132. The first-order valence-corrected chi connectivity index (χ1v) is 6.84. The molecular formula is C13H15BrN4O2. The second-order valence-corrected chi connectivity index (χ2v) is 5.25. The van der Waals surface area contributed by atoms with Crippen LogP contribution in [0, 0.1) is 6.92 Å². The van der Waals surface area contributed by atoms with Gasteiger partial charge in [0.15, 0.2) is 12.4 Å². The molecule has 0 saturated carbocycles. The van der Waals surface area contributed by atoms with Crippen LogP contribution in [0.15, 0.2) is 28.7 Å². The maximum Gasteiger partial charge on any atom is 0.260 e. The van der Waals surface area contributed by atoms with Gasteiger partial charge in [0.2, 0.25) is 0 Å². The standard InChI is InChI=1S/C13H15BrN4O2/c1-9-15-12(17-16-9)7-18(2)13(19)8-20-11-5-3-4-10(14)6-11/h3-6H,7-8H2,1-2H3,(H,15,16,17). The molecule has 106 valence electrons. The Bertz CT molecular complexity index is 600. The molecule has 1 amide bonds. The molecule has 0 atom stereocenters. The number of carbonyl (C=O) groups excluding carboxylic acids is 1. The minimum Gasteiger partial charge on any atom is -0.484 e. The maximum atomic E-state index is 11.9. The fraction of sp³-hybridized carbons (Fsp3) is 0.308. The largest absolute Gasteiger partial charge is 0.484 e. The van der Waals surface area contributed by atoms with Crippen LogP contribution in [0.4, 0.5) is 0 Å². The van der Waals surface area contributed by atoms with Gasteiger partial charge in [0.05, 0.1) is 6.54 Å². The third-order valence-corrected chi connectivity index (χ3v) is 3.10. The van der Waals surface area contributed by atoms with E-state index in [-0.39, 0.29) is 12.5 Å². The van der Waals surface area contributed by atoms with Crippen molar-refractivity contribution in [3.05, 3.63) is 40.4 Å². The number of carbonyl (C=O) groups is 1. The van der Waals surface area contributed by atoms with E-state index < -0.39 is 0 Å². The molecule has 1 heterocycles. The lowest BCUT2D eigenvalue weighted by atomic mass is 10.3. The molecule has 1 aromatic heterocycles. The van der Waals surface area contributed by atoms with Gasteiger partial charge in [0.25, 0.3) is 5.91 Å². The van der Waals surface area contributed by atoms with Gasteiger partial charge in [-0.15, -0.1) is 0 Å². The summed E-state index contributed by atoms with van der Waals surface area (Å²) in [7, 11) is 1.69. The number of rotatable bonds is 5. The average Bonchev–Trinajstić information content (AvgIpc) is 2.81. The second kappa shape index (κ2) is 6.51. The van der Waals surface area contributed by atoms with Crippen molar-refractivity contribution >= 4 is 21.8 Å². The number of aryl methyl sites for hydroxylation is 1. The van der Waals surface area contributed by atoms with Crippen molar-refractivity contribution in [3.63, 3.8) is 0 Å². The molecule has 1 N–H and O–H groups in total. The molecule has 0 spiro atoms. The first kappa shape index (κ1) is 14.5. The summed E-state index contributed by atoms with van der Waals surface area (Å²) >= 11 is 3.35. The predicted octanol–water partition coefficient (Wildman–Crippen LogP) is 1.91. The van der Waals surface area contributed by atoms with E-state index >= 15 is 0 Å². The molecule has 20 heavy (non-hydrogen) atoms. The number of halogens is 1. The highest BCUT2D eigenvalue weighted by molar-refractivity contribution is 9.10. The summed E-state index contributed by atoms with van der Waals surface area (Å²) in [6, 6.07) is 7.36. The molecule has 0 bridgehead atoms. The minimum atomic E-state index is -0.132. The van der Waals surface area contributed by atoms with Crippen LogP contribution in [0.3, 0.4) is 0 Å². The van der Waals surface area contributed by atoms with Gasteiger partial charge in [-0.3, -0.25) is 9.89 Å². The van der Waals surface area contributed by atoms with Gasteiger partial charge in [-0.1, -0.05) is 22.0 Å². The van der Waals surface area contributed by atoms with Gasteiger partial charge < -0.3 is 9.64 Å². The van der Waals surface area contributed by atoms with Crippen molar-refractivity contribution in [2.24, 2.45) is 0 Å². The number of hydrogen-bond acceptors (Lipinski definition) is 4. The van der Waals surface area contributed by atoms with Crippen LogP contribution in [0.1, 0.15) is 11.6 Å². The number of aromatic amines is 1. The lowest BCUT2D eigenvalue weighted by Gasteiger charge is -2.15. The fourth-order valence-corrected chi connectivity index (χ4v) is 1.95. The van der Waals surface area contributed by atoms with Crippen LogP contribution in [0.2, 0.25) is 0 Å². The highest BCUT2D eigenvalue weighted by Crippen LogP contribution is 2.17. The van der Waals surface area contributed by atoms with Crippen LogP contribution < -0.4 is 4.74 Å². The average molecular weight is 339 g/mol. The molecule has 6 nitrogen and oxygen atoms in total. The molecule has 0 aliphatic carbocycles. The predicted molar refractivity (Wildman–Crippen MR) is 77.2 cm³/mol. The third kappa shape index (κ3) is 4.06. The van der Waals surface area contributed by atoms with Crippen molar-refractivity contribution in [2.75, 3.05) is 13.7 Å². The van der Waals surface area contributed by atoms with E-state index in [0.717, 1.165) is 10.3 Å². The van der Waals surface area contributed by atoms with Crippen LogP contribution in [-0.4, -0.2) is 39.6 Å². The highest BCUT2D eigenvalue weighted by Gasteiger charge is 2.12. The Morgan fingerprint density at radius 2 is 2.30 bits per heavy atom. The van der Waals surface area contributed by atoms with E-state index in [1.165, 1.54) is 4.90 Å². The Hall–Kier alpha value is -1.89. The van der Waals surface area contributed by atoms with Crippen molar-refractivity contribution in [3.8, 4) is 5.75 Å². The summed E-state index contributed by atoms with van der Waals surface area (Å²) in [5.41, 5.74) is 0. The molecule has 0 radical (unpaired) electrons. The zero-order valence-electron chi connectivity index (χ0n) is 11.3. The van der Waals surface area contributed by atoms with Gasteiger partial charge in [-0.25, -0.2) is 4.98 Å².